The minimum atomic E-state index is 0.845. The minimum absolute atomic E-state index is 0.845. The Morgan fingerprint density at radius 3 is 1.18 bits per heavy atom. The van der Waals surface area contributed by atoms with E-state index in [-0.39, 0.29) is 0 Å². The molecule has 4 heteroatoms. The van der Waals surface area contributed by atoms with Gasteiger partial charge >= 0.3 is 0 Å². The van der Waals surface area contributed by atoms with Gasteiger partial charge in [-0.2, -0.15) is 0 Å². The maximum Gasteiger partial charge on any atom is 0.0686 e. The largest absolute Gasteiger partial charge is 0.358 e. The van der Waals surface area contributed by atoms with Crippen LogP contribution in [0.4, 0.5) is 0 Å². The Morgan fingerprint density at radius 1 is 0.515 bits per heavy atom. The molecule has 2 aliphatic heterocycles. The van der Waals surface area contributed by atoms with E-state index in [0.717, 1.165) is 40.6 Å². The van der Waals surface area contributed by atoms with E-state index in [1.54, 1.807) is 0 Å². The molecule has 0 aliphatic carbocycles. The number of aromatic amines is 2. The Morgan fingerprint density at radius 2 is 0.879 bits per heavy atom. The van der Waals surface area contributed by atoms with Gasteiger partial charge in [-0.3, -0.25) is 9.98 Å². The van der Waals surface area contributed by atoms with Crippen LogP contribution in [0.15, 0.2) is 43.7 Å². The third-order valence-corrected chi connectivity index (χ3v) is 7.88. The van der Waals surface area contributed by atoms with E-state index < -0.39 is 0 Å². The van der Waals surface area contributed by atoms with Crippen molar-refractivity contribution in [3.63, 3.8) is 0 Å². The number of hydrogen-bond donors (Lipinski definition) is 2. The second-order valence-electron chi connectivity index (χ2n) is 9.66. The molecule has 33 heavy (non-hydrogen) atoms. The molecule has 0 radical (unpaired) electrons. The molecule has 172 valence electrons. The lowest BCUT2D eigenvalue weighted by Gasteiger charge is -2.01. The summed E-state index contributed by atoms with van der Waals surface area (Å²) in [6.07, 6.45) is 5.24. The van der Waals surface area contributed by atoms with Crippen LogP contribution in [0.1, 0.15) is 86.6 Å². The summed E-state index contributed by atoms with van der Waals surface area (Å²) in [6, 6.07) is 0. The molecule has 0 amide bonds. The summed E-state index contributed by atoms with van der Waals surface area (Å²) >= 11 is 0. The zero-order valence-corrected chi connectivity index (χ0v) is 21.8. The van der Waals surface area contributed by atoms with Crippen molar-refractivity contribution in [2.24, 2.45) is 9.98 Å². The van der Waals surface area contributed by atoms with Gasteiger partial charge in [-0.05, 0) is 126 Å². The molecule has 0 bridgehead atoms. The highest BCUT2D eigenvalue weighted by molar-refractivity contribution is 6.03. The lowest BCUT2D eigenvalue weighted by molar-refractivity contribution is 1.02. The Balaban J connectivity index is 1.67. The van der Waals surface area contributed by atoms with Gasteiger partial charge in [0.05, 0.1) is 11.4 Å². The van der Waals surface area contributed by atoms with E-state index in [1.165, 1.54) is 55.9 Å². The van der Waals surface area contributed by atoms with Crippen LogP contribution >= 0.6 is 0 Å². The van der Waals surface area contributed by atoms with Gasteiger partial charge in [0.25, 0.3) is 0 Å². The SMILES string of the molecule is CC1=N/C(=C/c2[nH]c(Cc3[nH]c(/C=C4/N=C(C)C(C)=C4C)c(C)c3C)c(C)c2C)C(C)=C1C. The van der Waals surface area contributed by atoms with Gasteiger partial charge in [0.15, 0.2) is 0 Å². The maximum absolute atomic E-state index is 4.76. The Hall–Kier alpha value is -3.14. The summed E-state index contributed by atoms with van der Waals surface area (Å²) in [5.74, 6) is 0. The normalized spacial score (nSPS) is 19.0. The molecular formula is C29H36N4. The monoisotopic (exact) mass is 440 g/mol. The van der Waals surface area contributed by atoms with Gasteiger partial charge in [-0.15, -0.1) is 0 Å². The molecule has 0 aromatic carbocycles. The Kier molecular flexibility index (Phi) is 5.81. The number of aromatic nitrogens is 2. The number of allylic oxidation sites excluding steroid dienone is 4. The van der Waals surface area contributed by atoms with E-state index >= 15 is 0 Å². The molecular weight excluding hydrogens is 404 g/mol. The smallest absolute Gasteiger partial charge is 0.0686 e. The number of rotatable bonds is 4. The first-order valence-corrected chi connectivity index (χ1v) is 11.8. The molecule has 0 unspecified atom stereocenters. The van der Waals surface area contributed by atoms with Crippen LogP contribution in [0.2, 0.25) is 0 Å². The van der Waals surface area contributed by atoms with Crippen molar-refractivity contribution < 1.29 is 0 Å². The molecule has 0 saturated heterocycles. The van der Waals surface area contributed by atoms with Crippen molar-refractivity contribution in [1.82, 2.24) is 9.97 Å². The summed E-state index contributed by atoms with van der Waals surface area (Å²) in [7, 11) is 0. The summed E-state index contributed by atoms with van der Waals surface area (Å²) in [5, 5.41) is 0. The average molecular weight is 441 g/mol. The number of hydrogen-bond acceptors (Lipinski definition) is 2. The van der Waals surface area contributed by atoms with Crippen LogP contribution in [0, 0.1) is 27.7 Å². The van der Waals surface area contributed by atoms with Crippen LogP contribution < -0.4 is 0 Å². The van der Waals surface area contributed by atoms with Gasteiger partial charge in [-0.1, -0.05) is 0 Å². The fourth-order valence-corrected chi connectivity index (χ4v) is 4.55. The molecule has 2 aliphatic rings. The van der Waals surface area contributed by atoms with E-state index in [2.05, 4.69) is 91.4 Å². The molecule has 0 fully saturated rings. The van der Waals surface area contributed by atoms with Crippen LogP contribution in [-0.2, 0) is 6.42 Å². The summed E-state index contributed by atoms with van der Waals surface area (Å²) in [6.45, 7) is 21.6. The van der Waals surface area contributed by atoms with Crippen molar-refractivity contribution in [3.8, 4) is 0 Å². The third kappa shape index (κ3) is 3.92. The lowest BCUT2D eigenvalue weighted by Crippen LogP contribution is -1.94. The first-order valence-electron chi connectivity index (χ1n) is 11.8. The number of nitrogens with one attached hydrogen (secondary N) is 2. The molecule has 2 N–H and O–H groups in total. The quantitative estimate of drug-likeness (QED) is 0.495. The molecule has 2 aromatic rings. The van der Waals surface area contributed by atoms with Crippen LogP contribution in [0.25, 0.3) is 12.2 Å². The van der Waals surface area contributed by atoms with Gasteiger partial charge in [-0.25, -0.2) is 0 Å². The highest BCUT2D eigenvalue weighted by Crippen LogP contribution is 2.31. The molecule has 4 heterocycles. The van der Waals surface area contributed by atoms with Gasteiger partial charge in [0.2, 0.25) is 0 Å². The molecule has 4 rings (SSSR count). The maximum atomic E-state index is 4.76. The van der Waals surface area contributed by atoms with Crippen molar-refractivity contribution in [2.75, 3.05) is 0 Å². The van der Waals surface area contributed by atoms with Gasteiger partial charge in [0, 0.05) is 40.6 Å². The van der Waals surface area contributed by atoms with Gasteiger partial charge in [0.1, 0.15) is 0 Å². The highest BCUT2D eigenvalue weighted by atomic mass is 14.8. The molecule has 0 saturated carbocycles. The topological polar surface area (TPSA) is 56.3 Å². The summed E-state index contributed by atoms with van der Waals surface area (Å²) < 4.78 is 0. The zero-order valence-electron chi connectivity index (χ0n) is 21.8. The van der Waals surface area contributed by atoms with E-state index in [0.29, 0.717) is 0 Å². The average Bonchev–Trinajstić information content (AvgIpc) is 3.38. The number of aliphatic imine (C=N–C) groups is 2. The number of nitrogens with zero attached hydrogens (tertiary/aromatic N) is 2. The van der Waals surface area contributed by atoms with Crippen molar-refractivity contribution in [1.29, 1.82) is 0 Å². The predicted octanol–water partition coefficient (Wildman–Crippen LogP) is 7.47. The molecule has 0 atom stereocenters. The second kappa shape index (κ2) is 8.33. The van der Waals surface area contributed by atoms with Crippen molar-refractivity contribution in [3.05, 3.63) is 78.7 Å². The Bertz CT molecular complexity index is 1250. The van der Waals surface area contributed by atoms with Crippen LogP contribution in [0.5, 0.6) is 0 Å². The molecule has 2 aromatic heterocycles. The fraction of sp³-hybridized carbons (Fsp3) is 0.379. The lowest BCUT2D eigenvalue weighted by atomic mass is 10.0. The van der Waals surface area contributed by atoms with E-state index in [9.17, 15) is 0 Å². The van der Waals surface area contributed by atoms with E-state index in [4.69, 9.17) is 9.98 Å². The summed E-state index contributed by atoms with van der Waals surface area (Å²) in [4.78, 5) is 16.9. The van der Waals surface area contributed by atoms with Gasteiger partial charge < -0.3 is 9.97 Å². The van der Waals surface area contributed by atoms with E-state index in [1.807, 2.05) is 0 Å². The number of H-pyrrole nitrogens is 2. The van der Waals surface area contributed by atoms with Crippen LogP contribution in [0.3, 0.4) is 0 Å². The van der Waals surface area contributed by atoms with Crippen molar-refractivity contribution >= 4 is 23.6 Å². The predicted molar refractivity (Wildman–Crippen MR) is 142 cm³/mol. The minimum Gasteiger partial charge on any atom is -0.358 e. The second-order valence-corrected chi connectivity index (χ2v) is 9.66. The molecule has 4 nitrogen and oxygen atoms in total. The molecule has 0 spiro atoms. The first-order chi connectivity index (χ1) is 15.5. The Labute approximate surface area is 198 Å². The fourth-order valence-electron chi connectivity index (χ4n) is 4.55. The van der Waals surface area contributed by atoms with Crippen molar-refractivity contribution in [2.45, 2.75) is 75.7 Å². The standard InChI is InChI=1S/C29H36N4/c1-14-16(3)24(30-22(14)9)11-26-18(5)20(7)28(32-26)13-29-21(8)19(6)27(33-29)12-25-17(4)15(2)23(10)31-25/h11-12,32-33H,13H2,1-10H3/b24-11+,25-12+. The summed E-state index contributed by atoms with van der Waals surface area (Å²) in [5.41, 5.74) is 19.5. The third-order valence-electron chi connectivity index (χ3n) is 7.88. The highest BCUT2D eigenvalue weighted by Gasteiger charge is 2.19. The first kappa shape index (κ1) is 23.0. The van der Waals surface area contributed by atoms with Crippen LogP contribution in [-0.4, -0.2) is 21.4 Å². The zero-order chi connectivity index (χ0) is 24.2.